The van der Waals surface area contributed by atoms with Crippen molar-refractivity contribution in [2.45, 2.75) is 13.8 Å². The SMILES string of the molecule is CNc1cc(C)ccc1C(=O)Nc1ncc(Br)cc1C. The Balaban J connectivity index is 2.28. The van der Waals surface area contributed by atoms with E-state index in [-0.39, 0.29) is 5.91 Å². The van der Waals surface area contributed by atoms with Crippen molar-refractivity contribution in [3.05, 3.63) is 51.6 Å². The number of aryl methyl sites for hydroxylation is 2. The maximum Gasteiger partial charge on any atom is 0.258 e. The smallest absolute Gasteiger partial charge is 0.258 e. The van der Waals surface area contributed by atoms with Gasteiger partial charge in [0, 0.05) is 23.4 Å². The van der Waals surface area contributed by atoms with Gasteiger partial charge in [-0.1, -0.05) is 6.07 Å². The van der Waals surface area contributed by atoms with E-state index >= 15 is 0 Å². The van der Waals surface area contributed by atoms with Gasteiger partial charge in [-0.15, -0.1) is 0 Å². The molecule has 104 valence electrons. The molecule has 4 nitrogen and oxygen atoms in total. The molecule has 0 bridgehead atoms. The molecule has 0 radical (unpaired) electrons. The molecule has 0 atom stereocenters. The number of benzene rings is 1. The second-order valence-corrected chi connectivity index (χ2v) is 5.49. The van der Waals surface area contributed by atoms with Crippen LogP contribution in [0, 0.1) is 13.8 Å². The molecular weight excluding hydrogens is 318 g/mol. The Labute approximate surface area is 126 Å². The summed E-state index contributed by atoms with van der Waals surface area (Å²) in [5.41, 5.74) is 3.41. The van der Waals surface area contributed by atoms with E-state index in [0.717, 1.165) is 21.3 Å². The summed E-state index contributed by atoms with van der Waals surface area (Å²) in [5, 5.41) is 5.88. The molecule has 1 aromatic carbocycles. The molecule has 2 N–H and O–H groups in total. The van der Waals surface area contributed by atoms with Gasteiger partial charge >= 0.3 is 0 Å². The Morgan fingerprint density at radius 3 is 2.65 bits per heavy atom. The zero-order valence-electron chi connectivity index (χ0n) is 11.6. The molecule has 2 rings (SSSR count). The van der Waals surface area contributed by atoms with Gasteiger partial charge in [0.25, 0.3) is 5.91 Å². The molecule has 0 saturated heterocycles. The van der Waals surface area contributed by atoms with Crippen molar-refractivity contribution in [1.82, 2.24) is 4.98 Å². The topological polar surface area (TPSA) is 54.0 Å². The average Bonchev–Trinajstić information content (AvgIpc) is 2.41. The van der Waals surface area contributed by atoms with Crippen molar-refractivity contribution in [3.63, 3.8) is 0 Å². The first kappa shape index (κ1) is 14.5. The number of anilines is 2. The molecule has 0 spiro atoms. The van der Waals surface area contributed by atoms with Crippen LogP contribution >= 0.6 is 15.9 Å². The van der Waals surface area contributed by atoms with Crippen LogP contribution in [0.3, 0.4) is 0 Å². The minimum absolute atomic E-state index is 0.174. The van der Waals surface area contributed by atoms with Gasteiger partial charge in [-0.2, -0.15) is 0 Å². The van der Waals surface area contributed by atoms with Gasteiger partial charge in [-0.25, -0.2) is 4.98 Å². The van der Waals surface area contributed by atoms with Crippen molar-refractivity contribution >= 4 is 33.3 Å². The number of carbonyl (C=O) groups excluding carboxylic acids is 1. The van der Waals surface area contributed by atoms with Gasteiger partial charge in [0.15, 0.2) is 0 Å². The number of pyridine rings is 1. The molecule has 0 fully saturated rings. The highest BCUT2D eigenvalue weighted by molar-refractivity contribution is 9.10. The minimum atomic E-state index is -0.174. The van der Waals surface area contributed by atoms with E-state index in [2.05, 4.69) is 31.5 Å². The maximum absolute atomic E-state index is 12.3. The third-order valence-corrected chi connectivity index (χ3v) is 3.40. The molecular formula is C15H16BrN3O. The Morgan fingerprint density at radius 2 is 2.00 bits per heavy atom. The predicted molar refractivity (Wildman–Crippen MR) is 85.4 cm³/mol. The number of amides is 1. The van der Waals surface area contributed by atoms with Crippen molar-refractivity contribution in [3.8, 4) is 0 Å². The summed E-state index contributed by atoms with van der Waals surface area (Å²) in [6.07, 6.45) is 1.66. The van der Waals surface area contributed by atoms with Gasteiger partial charge in [0.05, 0.1) is 5.56 Å². The first-order chi connectivity index (χ1) is 9.51. The normalized spacial score (nSPS) is 10.2. The van der Waals surface area contributed by atoms with Crippen molar-refractivity contribution in [1.29, 1.82) is 0 Å². The molecule has 0 aliphatic rings. The first-order valence-corrected chi connectivity index (χ1v) is 7.02. The number of nitrogens with zero attached hydrogens (tertiary/aromatic N) is 1. The number of hydrogen-bond acceptors (Lipinski definition) is 3. The van der Waals surface area contributed by atoms with Crippen molar-refractivity contribution in [2.24, 2.45) is 0 Å². The highest BCUT2D eigenvalue weighted by Crippen LogP contribution is 2.21. The van der Waals surface area contributed by atoms with E-state index < -0.39 is 0 Å². The molecule has 0 aliphatic carbocycles. The number of halogens is 1. The largest absolute Gasteiger partial charge is 0.387 e. The van der Waals surface area contributed by atoms with Crippen LogP contribution in [-0.2, 0) is 0 Å². The fraction of sp³-hybridized carbons (Fsp3) is 0.200. The third kappa shape index (κ3) is 3.17. The fourth-order valence-electron chi connectivity index (χ4n) is 1.91. The zero-order chi connectivity index (χ0) is 14.7. The predicted octanol–water partition coefficient (Wildman–Crippen LogP) is 3.75. The lowest BCUT2D eigenvalue weighted by Crippen LogP contribution is -2.15. The van der Waals surface area contributed by atoms with Gasteiger partial charge in [-0.05, 0) is 59.1 Å². The summed E-state index contributed by atoms with van der Waals surface area (Å²) in [4.78, 5) is 16.6. The second-order valence-electron chi connectivity index (χ2n) is 4.57. The Kier molecular flexibility index (Phi) is 4.39. The van der Waals surface area contributed by atoms with Crippen molar-refractivity contribution in [2.75, 3.05) is 17.7 Å². The van der Waals surface area contributed by atoms with E-state index in [4.69, 9.17) is 0 Å². The number of nitrogens with one attached hydrogen (secondary N) is 2. The summed E-state index contributed by atoms with van der Waals surface area (Å²) >= 11 is 3.35. The quantitative estimate of drug-likeness (QED) is 0.899. The molecule has 0 aliphatic heterocycles. The lowest BCUT2D eigenvalue weighted by molar-refractivity contribution is 0.102. The molecule has 1 heterocycles. The highest BCUT2D eigenvalue weighted by Gasteiger charge is 2.12. The molecule has 5 heteroatoms. The second kappa shape index (κ2) is 6.05. The number of rotatable bonds is 3. The van der Waals surface area contributed by atoms with E-state index in [9.17, 15) is 4.79 Å². The summed E-state index contributed by atoms with van der Waals surface area (Å²) in [6.45, 7) is 3.89. The van der Waals surface area contributed by atoms with E-state index in [0.29, 0.717) is 11.4 Å². The molecule has 1 aromatic heterocycles. The maximum atomic E-state index is 12.3. The Bertz CT molecular complexity index is 656. The molecule has 0 saturated carbocycles. The first-order valence-electron chi connectivity index (χ1n) is 6.23. The van der Waals surface area contributed by atoms with Crippen LogP contribution in [0.1, 0.15) is 21.5 Å². The highest BCUT2D eigenvalue weighted by atomic mass is 79.9. The van der Waals surface area contributed by atoms with Crippen LogP contribution in [0.2, 0.25) is 0 Å². The average molecular weight is 334 g/mol. The lowest BCUT2D eigenvalue weighted by Gasteiger charge is -2.11. The van der Waals surface area contributed by atoms with E-state index in [1.165, 1.54) is 0 Å². The standard InChI is InChI=1S/C15H16BrN3O/c1-9-4-5-12(13(6-9)17-3)15(20)19-14-10(2)7-11(16)8-18-14/h4-8,17H,1-3H3,(H,18,19,20). The third-order valence-electron chi connectivity index (χ3n) is 2.97. The van der Waals surface area contributed by atoms with Crippen LogP contribution in [0.15, 0.2) is 34.9 Å². The van der Waals surface area contributed by atoms with Crippen LogP contribution < -0.4 is 10.6 Å². The molecule has 1 amide bonds. The molecule has 20 heavy (non-hydrogen) atoms. The number of carbonyl (C=O) groups is 1. The van der Waals surface area contributed by atoms with Gasteiger partial charge < -0.3 is 10.6 Å². The number of aromatic nitrogens is 1. The Morgan fingerprint density at radius 1 is 1.25 bits per heavy atom. The number of hydrogen-bond donors (Lipinski definition) is 2. The molecule has 2 aromatic rings. The minimum Gasteiger partial charge on any atom is -0.387 e. The summed E-state index contributed by atoms with van der Waals surface area (Å²) in [6, 6.07) is 7.58. The lowest BCUT2D eigenvalue weighted by atomic mass is 10.1. The van der Waals surface area contributed by atoms with Crippen LogP contribution in [0.25, 0.3) is 0 Å². The zero-order valence-corrected chi connectivity index (χ0v) is 13.2. The fourth-order valence-corrected chi connectivity index (χ4v) is 2.35. The van der Waals surface area contributed by atoms with Gasteiger partial charge in [0.1, 0.15) is 5.82 Å². The van der Waals surface area contributed by atoms with E-state index in [1.54, 1.807) is 13.2 Å². The summed E-state index contributed by atoms with van der Waals surface area (Å²) in [5.74, 6) is 0.396. The summed E-state index contributed by atoms with van der Waals surface area (Å²) < 4.78 is 0.888. The van der Waals surface area contributed by atoms with Crippen LogP contribution in [0.4, 0.5) is 11.5 Å². The van der Waals surface area contributed by atoms with E-state index in [1.807, 2.05) is 38.1 Å². The van der Waals surface area contributed by atoms with Crippen LogP contribution in [-0.4, -0.2) is 17.9 Å². The monoisotopic (exact) mass is 333 g/mol. The van der Waals surface area contributed by atoms with Crippen LogP contribution in [0.5, 0.6) is 0 Å². The Hall–Kier alpha value is -1.88. The van der Waals surface area contributed by atoms with Gasteiger partial charge in [-0.3, -0.25) is 4.79 Å². The van der Waals surface area contributed by atoms with Crippen molar-refractivity contribution < 1.29 is 4.79 Å². The molecule has 0 unspecified atom stereocenters. The summed E-state index contributed by atoms with van der Waals surface area (Å²) in [7, 11) is 1.80. The van der Waals surface area contributed by atoms with Gasteiger partial charge in [0.2, 0.25) is 0 Å².